The predicted octanol–water partition coefficient (Wildman–Crippen LogP) is 2.73. The SMILES string of the molecule is O=C1C(=O)N(C[NH+]2CCCC[C@H]2c2nc3ccccc3s2)c2ccc(F)cc21. The van der Waals surface area contributed by atoms with Crippen LogP contribution in [0.5, 0.6) is 0 Å². The molecule has 2 aromatic carbocycles. The summed E-state index contributed by atoms with van der Waals surface area (Å²) >= 11 is 1.70. The van der Waals surface area contributed by atoms with Crippen LogP contribution < -0.4 is 9.80 Å². The number of anilines is 1. The fourth-order valence-electron chi connectivity index (χ4n) is 4.24. The Balaban J connectivity index is 1.46. The van der Waals surface area contributed by atoms with Gasteiger partial charge in [0.05, 0.1) is 28.0 Å². The molecule has 7 heteroatoms. The summed E-state index contributed by atoms with van der Waals surface area (Å²) < 4.78 is 14.7. The second kappa shape index (κ2) is 6.76. The normalized spacial score (nSPS) is 22.1. The van der Waals surface area contributed by atoms with Crippen molar-refractivity contribution >= 4 is 38.9 Å². The second-order valence-corrected chi connectivity index (χ2v) is 8.42. The molecular formula is C21H19FN3O2S+. The van der Waals surface area contributed by atoms with Crippen molar-refractivity contribution in [2.24, 2.45) is 0 Å². The van der Waals surface area contributed by atoms with Gasteiger partial charge in [0.1, 0.15) is 11.9 Å². The Labute approximate surface area is 165 Å². The highest BCUT2D eigenvalue weighted by Crippen LogP contribution is 2.31. The highest BCUT2D eigenvalue weighted by molar-refractivity contribution is 7.18. The molecule has 0 saturated carbocycles. The van der Waals surface area contributed by atoms with E-state index < -0.39 is 17.5 Å². The monoisotopic (exact) mass is 396 g/mol. The van der Waals surface area contributed by atoms with Crippen LogP contribution in [0.1, 0.15) is 40.7 Å². The van der Waals surface area contributed by atoms with Gasteiger partial charge in [0, 0.05) is 6.42 Å². The molecule has 1 unspecified atom stereocenters. The maximum atomic E-state index is 13.5. The van der Waals surface area contributed by atoms with E-state index in [0.717, 1.165) is 47.1 Å². The Hall–Kier alpha value is -2.64. The number of carbonyl (C=O) groups is 2. The molecule has 1 aromatic heterocycles. The second-order valence-electron chi connectivity index (χ2n) is 7.36. The number of carbonyl (C=O) groups excluding carboxylic acids is 2. The van der Waals surface area contributed by atoms with Crippen molar-refractivity contribution in [3.8, 4) is 0 Å². The molecule has 0 spiro atoms. The summed E-state index contributed by atoms with van der Waals surface area (Å²) in [6.45, 7) is 1.30. The lowest BCUT2D eigenvalue weighted by Gasteiger charge is -2.33. The van der Waals surface area contributed by atoms with Crippen molar-refractivity contribution < 1.29 is 18.9 Å². The molecule has 0 bridgehead atoms. The third-order valence-electron chi connectivity index (χ3n) is 5.64. The zero-order valence-corrected chi connectivity index (χ0v) is 16.0. The Morgan fingerprint density at radius 1 is 1.18 bits per heavy atom. The van der Waals surface area contributed by atoms with Crippen molar-refractivity contribution in [3.05, 3.63) is 58.9 Å². The van der Waals surface area contributed by atoms with Crippen molar-refractivity contribution in [2.75, 3.05) is 18.1 Å². The van der Waals surface area contributed by atoms with Crippen molar-refractivity contribution in [3.63, 3.8) is 0 Å². The number of quaternary nitrogens is 1. The van der Waals surface area contributed by atoms with Crippen molar-refractivity contribution in [2.45, 2.75) is 25.3 Å². The first-order chi connectivity index (χ1) is 13.6. The van der Waals surface area contributed by atoms with Gasteiger partial charge in [-0.15, -0.1) is 11.3 Å². The van der Waals surface area contributed by atoms with Gasteiger partial charge in [0.25, 0.3) is 5.78 Å². The van der Waals surface area contributed by atoms with Crippen LogP contribution in [0.4, 0.5) is 10.1 Å². The highest BCUT2D eigenvalue weighted by atomic mass is 32.1. The molecule has 28 heavy (non-hydrogen) atoms. The average Bonchev–Trinajstić information content (AvgIpc) is 3.24. The van der Waals surface area contributed by atoms with Gasteiger partial charge >= 0.3 is 5.91 Å². The van der Waals surface area contributed by atoms with Crippen LogP contribution in [0.3, 0.4) is 0 Å². The molecule has 5 nitrogen and oxygen atoms in total. The summed E-state index contributed by atoms with van der Waals surface area (Å²) in [6, 6.07) is 12.3. The van der Waals surface area contributed by atoms with Crippen LogP contribution in [-0.2, 0) is 4.79 Å². The molecule has 1 amide bonds. The lowest BCUT2D eigenvalue weighted by molar-refractivity contribution is -0.935. The third-order valence-corrected chi connectivity index (χ3v) is 6.79. The number of Topliss-reactive ketones (excluding diaryl/α,β-unsaturated/α-hetero) is 1. The van der Waals surface area contributed by atoms with E-state index >= 15 is 0 Å². The Bertz CT molecular complexity index is 1060. The van der Waals surface area contributed by atoms with Crippen LogP contribution in [0.2, 0.25) is 0 Å². The molecule has 1 N–H and O–H groups in total. The van der Waals surface area contributed by atoms with Crippen LogP contribution in [-0.4, -0.2) is 29.9 Å². The fraction of sp³-hybridized carbons (Fsp3) is 0.286. The number of aromatic nitrogens is 1. The molecule has 2 atom stereocenters. The quantitative estimate of drug-likeness (QED) is 0.693. The first-order valence-corrected chi connectivity index (χ1v) is 10.3. The standard InChI is InChI=1S/C21H18FN3O2S/c22-13-8-9-16-14(11-13)19(26)21(27)25(16)12-24-10-4-3-6-17(24)20-23-15-5-1-2-7-18(15)28-20/h1-2,5,7-9,11,17H,3-4,6,10,12H2/p+1/t17-/m0/s1. The number of fused-ring (bicyclic) bond motifs is 2. The number of ketones is 1. The largest absolute Gasteiger partial charge is 0.309 e. The molecule has 2 aliphatic heterocycles. The molecule has 142 valence electrons. The molecule has 1 fully saturated rings. The smallest absolute Gasteiger partial charge is 0.303 e. The summed E-state index contributed by atoms with van der Waals surface area (Å²) in [5.41, 5.74) is 1.68. The van der Waals surface area contributed by atoms with Gasteiger partial charge in [-0.1, -0.05) is 12.1 Å². The summed E-state index contributed by atoms with van der Waals surface area (Å²) in [4.78, 5) is 32.4. The maximum Gasteiger partial charge on any atom is 0.303 e. The van der Waals surface area contributed by atoms with E-state index in [4.69, 9.17) is 4.98 Å². The van der Waals surface area contributed by atoms with Crippen molar-refractivity contribution in [1.29, 1.82) is 0 Å². The number of hydrogen-bond donors (Lipinski definition) is 1. The number of thiazole rings is 1. The van der Waals surface area contributed by atoms with Gasteiger partial charge in [0.2, 0.25) is 0 Å². The number of hydrogen-bond acceptors (Lipinski definition) is 4. The average molecular weight is 396 g/mol. The highest BCUT2D eigenvalue weighted by Gasteiger charge is 2.40. The summed E-state index contributed by atoms with van der Waals surface area (Å²) in [5.74, 6) is -1.69. The van der Waals surface area contributed by atoms with E-state index in [-0.39, 0.29) is 11.6 Å². The van der Waals surface area contributed by atoms with Crippen LogP contribution in [0.25, 0.3) is 10.2 Å². The first kappa shape index (κ1) is 17.5. The molecule has 0 radical (unpaired) electrons. The van der Waals surface area contributed by atoms with Crippen LogP contribution in [0.15, 0.2) is 42.5 Å². The Kier molecular flexibility index (Phi) is 4.21. The number of nitrogens with zero attached hydrogens (tertiary/aromatic N) is 2. The minimum absolute atomic E-state index is 0.165. The summed E-state index contributed by atoms with van der Waals surface area (Å²) in [5, 5.41) is 1.08. The van der Waals surface area contributed by atoms with Gasteiger partial charge < -0.3 is 4.90 Å². The number of para-hydroxylation sites is 1. The first-order valence-electron chi connectivity index (χ1n) is 9.47. The number of likely N-dealkylation sites (tertiary alicyclic amines) is 1. The van der Waals surface area contributed by atoms with E-state index in [9.17, 15) is 14.0 Å². The molecule has 0 aliphatic carbocycles. The van der Waals surface area contributed by atoms with Crippen LogP contribution >= 0.6 is 11.3 Å². The predicted molar refractivity (Wildman–Crippen MR) is 105 cm³/mol. The van der Waals surface area contributed by atoms with E-state index in [1.165, 1.54) is 21.9 Å². The number of piperidine rings is 1. The lowest BCUT2D eigenvalue weighted by atomic mass is 10.0. The Morgan fingerprint density at radius 3 is 2.89 bits per heavy atom. The van der Waals surface area contributed by atoms with E-state index in [1.807, 2.05) is 18.2 Å². The topological polar surface area (TPSA) is 54.7 Å². The van der Waals surface area contributed by atoms with Gasteiger partial charge in [-0.05, 0) is 43.2 Å². The van der Waals surface area contributed by atoms with Gasteiger partial charge in [-0.2, -0.15) is 0 Å². The minimum atomic E-state index is -0.623. The summed E-state index contributed by atoms with van der Waals surface area (Å²) in [6.07, 6.45) is 3.20. The third kappa shape index (κ3) is 2.82. The lowest BCUT2D eigenvalue weighted by Crippen LogP contribution is -3.14. The number of rotatable bonds is 3. The maximum absolute atomic E-state index is 13.5. The van der Waals surface area contributed by atoms with Gasteiger partial charge in [-0.3, -0.25) is 14.5 Å². The molecule has 1 saturated heterocycles. The molecular weight excluding hydrogens is 377 g/mol. The number of amides is 1. The molecule has 2 aliphatic rings. The molecule has 3 heterocycles. The fourth-order valence-corrected chi connectivity index (χ4v) is 5.40. The van der Waals surface area contributed by atoms with Gasteiger partial charge in [0.15, 0.2) is 11.7 Å². The zero-order chi connectivity index (χ0) is 19.3. The number of benzene rings is 2. The minimum Gasteiger partial charge on any atom is -0.309 e. The Morgan fingerprint density at radius 2 is 2.04 bits per heavy atom. The molecule has 3 aromatic rings. The van der Waals surface area contributed by atoms with E-state index in [1.54, 1.807) is 11.3 Å². The zero-order valence-electron chi connectivity index (χ0n) is 15.2. The van der Waals surface area contributed by atoms with Crippen molar-refractivity contribution in [1.82, 2.24) is 4.98 Å². The molecule has 5 rings (SSSR count). The number of halogens is 1. The van der Waals surface area contributed by atoms with Crippen LogP contribution in [0, 0.1) is 5.82 Å². The van der Waals surface area contributed by atoms with E-state index in [0.29, 0.717) is 12.4 Å². The summed E-state index contributed by atoms with van der Waals surface area (Å²) in [7, 11) is 0. The van der Waals surface area contributed by atoms with Gasteiger partial charge in [-0.25, -0.2) is 9.37 Å². The number of nitrogens with one attached hydrogen (secondary N) is 1. The van der Waals surface area contributed by atoms with E-state index in [2.05, 4.69) is 6.07 Å².